The molecule has 153 valence electrons. The Hall–Kier alpha value is -1.09. The van der Waals surface area contributed by atoms with E-state index >= 15 is 0 Å². The van der Waals surface area contributed by atoms with E-state index in [4.69, 9.17) is 15.6 Å². The molecule has 6 heteroatoms. The number of carboxylic acid groups (broad SMARTS) is 1. The summed E-state index contributed by atoms with van der Waals surface area (Å²) in [5.41, 5.74) is 8.23. The molecule has 0 radical (unpaired) electrons. The van der Waals surface area contributed by atoms with E-state index in [0.29, 0.717) is 5.92 Å². The molecule has 0 saturated heterocycles. The molecule has 0 heterocycles. The van der Waals surface area contributed by atoms with Gasteiger partial charge in [0.15, 0.2) is 0 Å². The van der Waals surface area contributed by atoms with E-state index in [0.717, 1.165) is 28.5 Å². The number of rotatable bonds is 3. The third-order valence-corrected chi connectivity index (χ3v) is 4.85. The molecule has 1 saturated carbocycles. The van der Waals surface area contributed by atoms with Gasteiger partial charge in [0.2, 0.25) is 0 Å². The molecule has 2 N–H and O–H groups in total. The SMILES string of the molecule is COc1ccc2cc(C(C)C(=O)O)ccc2c1.[CH2-]C1CCCCC1[NH-].[Cl][Pt]. The van der Waals surface area contributed by atoms with Crippen LogP contribution in [0.5, 0.6) is 5.75 Å². The molecule has 0 amide bonds. The van der Waals surface area contributed by atoms with Crippen LogP contribution in [0.15, 0.2) is 36.4 Å². The summed E-state index contributed by atoms with van der Waals surface area (Å²) >= 11 is 1.61. The molecule has 2 aromatic rings. The van der Waals surface area contributed by atoms with Gasteiger partial charge >= 0.3 is 34.2 Å². The van der Waals surface area contributed by atoms with Crippen molar-refractivity contribution in [2.24, 2.45) is 5.92 Å². The standard InChI is InChI=1S/C14H14O3.C7H13N.ClH.Pt/c1-9(14(15)16)10-3-4-12-8-13(17-2)6-5-11(12)7-10;1-6-4-2-3-5-7(6)8;;/h3-9H,1-2H3,(H,15,16);6-8H,1-5H2;1H;/q;-2;;+1/p-1. The fourth-order valence-electron chi connectivity index (χ4n) is 2.99. The van der Waals surface area contributed by atoms with Crippen LogP contribution < -0.4 is 4.74 Å². The molecule has 1 fully saturated rings. The molecule has 0 spiro atoms. The number of nitrogens with one attached hydrogen (secondary N) is 1. The first kappa shape index (κ1) is 23.9. The number of aliphatic carboxylic acids is 1. The first-order chi connectivity index (χ1) is 12.9. The van der Waals surface area contributed by atoms with E-state index in [1.807, 2.05) is 36.4 Å². The van der Waals surface area contributed by atoms with Crippen molar-refractivity contribution in [2.75, 3.05) is 7.11 Å². The Morgan fingerprint density at radius 3 is 2.33 bits per heavy atom. The van der Waals surface area contributed by atoms with Gasteiger partial charge in [0, 0.05) is 0 Å². The van der Waals surface area contributed by atoms with Crippen LogP contribution in [-0.4, -0.2) is 24.2 Å². The number of halogens is 1. The van der Waals surface area contributed by atoms with Crippen LogP contribution in [0.4, 0.5) is 0 Å². The maximum absolute atomic E-state index is 10.9. The molecule has 27 heavy (non-hydrogen) atoms. The van der Waals surface area contributed by atoms with Crippen molar-refractivity contribution in [1.82, 2.24) is 0 Å². The molecule has 3 atom stereocenters. The number of carboxylic acids is 1. The predicted octanol–water partition coefficient (Wildman–Crippen LogP) is 6.15. The number of ether oxygens (including phenoxy) is 1. The third-order valence-electron chi connectivity index (χ3n) is 4.85. The second-order valence-corrected chi connectivity index (χ2v) is 6.68. The van der Waals surface area contributed by atoms with Gasteiger partial charge in [0.1, 0.15) is 5.75 Å². The van der Waals surface area contributed by atoms with E-state index in [-0.39, 0.29) is 6.04 Å². The Balaban J connectivity index is 0.000000305. The van der Waals surface area contributed by atoms with Gasteiger partial charge in [-0.05, 0) is 35.4 Å². The molecular weight excluding hydrogens is 545 g/mol. The van der Waals surface area contributed by atoms with Crippen LogP contribution in [0.3, 0.4) is 0 Å². The van der Waals surface area contributed by atoms with Crippen LogP contribution in [0.1, 0.15) is 44.1 Å². The first-order valence-corrected chi connectivity index (χ1v) is 11.7. The molecule has 3 rings (SSSR count). The predicted molar refractivity (Wildman–Crippen MR) is 108 cm³/mol. The van der Waals surface area contributed by atoms with Crippen molar-refractivity contribution in [3.63, 3.8) is 0 Å². The van der Waals surface area contributed by atoms with Gasteiger partial charge in [-0.25, -0.2) is 0 Å². The van der Waals surface area contributed by atoms with Crippen molar-refractivity contribution in [2.45, 2.75) is 44.6 Å². The van der Waals surface area contributed by atoms with E-state index in [2.05, 4.69) is 16.3 Å². The number of benzene rings is 2. The monoisotopic (exact) mass is 571 g/mol. The van der Waals surface area contributed by atoms with Crippen molar-refractivity contribution in [3.8, 4) is 5.75 Å². The Kier molecular flexibility index (Phi) is 11.0. The molecule has 1 aliphatic carbocycles. The number of methoxy groups -OCH3 is 1. The summed E-state index contributed by atoms with van der Waals surface area (Å²) < 4.78 is 5.14. The molecule has 0 aliphatic heterocycles. The van der Waals surface area contributed by atoms with Crippen molar-refractivity contribution in [1.29, 1.82) is 0 Å². The van der Waals surface area contributed by atoms with Gasteiger partial charge in [-0.15, -0.1) is 0 Å². The Labute approximate surface area is 177 Å². The summed E-state index contributed by atoms with van der Waals surface area (Å²) in [5, 5.41) is 11.0. The zero-order valence-electron chi connectivity index (χ0n) is 15.7. The second-order valence-electron chi connectivity index (χ2n) is 6.68. The van der Waals surface area contributed by atoms with Crippen LogP contribution in [0.25, 0.3) is 16.5 Å². The normalized spacial score (nSPS) is 19.8. The second kappa shape index (κ2) is 12.4. The Morgan fingerprint density at radius 2 is 1.81 bits per heavy atom. The fraction of sp³-hybridized carbons (Fsp3) is 0.429. The average Bonchev–Trinajstić information content (AvgIpc) is 2.70. The van der Waals surface area contributed by atoms with Gasteiger partial charge in [-0.3, -0.25) is 4.79 Å². The van der Waals surface area contributed by atoms with Crippen LogP contribution in [0, 0.1) is 12.8 Å². The quantitative estimate of drug-likeness (QED) is 0.449. The summed E-state index contributed by atoms with van der Waals surface area (Å²) in [7, 11) is 6.24. The zero-order chi connectivity index (χ0) is 20.4. The molecule has 1 aliphatic rings. The van der Waals surface area contributed by atoms with E-state index in [1.54, 1.807) is 32.8 Å². The molecule has 2 aromatic carbocycles. The average molecular weight is 572 g/mol. The van der Waals surface area contributed by atoms with Gasteiger partial charge in [-0.2, -0.15) is 12.0 Å². The van der Waals surface area contributed by atoms with E-state index in [1.165, 1.54) is 19.3 Å². The summed E-state index contributed by atoms with van der Waals surface area (Å²) in [6.07, 6.45) is 4.80. The summed E-state index contributed by atoms with van der Waals surface area (Å²) in [4.78, 5) is 10.9. The number of hydrogen-bond acceptors (Lipinski definition) is 2. The molecule has 4 nitrogen and oxygen atoms in total. The van der Waals surface area contributed by atoms with Gasteiger partial charge in [-0.1, -0.05) is 49.9 Å². The maximum atomic E-state index is 10.9. The van der Waals surface area contributed by atoms with Gasteiger partial charge < -0.3 is 22.5 Å². The fourth-order valence-corrected chi connectivity index (χ4v) is 2.99. The Bertz CT molecular complexity index is 716. The van der Waals surface area contributed by atoms with Gasteiger partial charge in [0.05, 0.1) is 13.0 Å². The van der Waals surface area contributed by atoms with Crippen molar-refractivity contribution < 1.29 is 33.4 Å². The number of hydrogen-bond donors (Lipinski definition) is 1. The number of carbonyl (C=O) groups is 1. The summed E-state index contributed by atoms with van der Waals surface area (Å²) in [5.74, 6) is -0.0698. The molecule has 0 bridgehead atoms. The summed E-state index contributed by atoms with van der Waals surface area (Å²) in [6, 6.07) is 11.6. The minimum atomic E-state index is -0.808. The zero-order valence-corrected chi connectivity index (χ0v) is 18.7. The Morgan fingerprint density at radius 1 is 1.22 bits per heavy atom. The molecule has 0 aromatic heterocycles. The van der Waals surface area contributed by atoms with Crippen LogP contribution in [-0.2, 0) is 23.6 Å². The number of fused-ring (bicyclic) bond motifs is 1. The third kappa shape index (κ3) is 7.44. The molecular formula is C21H27ClNO3Pt-2. The van der Waals surface area contributed by atoms with Crippen molar-refractivity contribution in [3.05, 3.63) is 54.6 Å². The topological polar surface area (TPSA) is 70.3 Å². The summed E-state index contributed by atoms with van der Waals surface area (Å²) in [6.45, 7) is 5.58. The van der Waals surface area contributed by atoms with E-state index in [9.17, 15) is 4.79 Å². The minimum absolute atomic E-state index is 0.142. The van der Waals surface area contributed by atoms with Crippen molar-refractivity contribution >= 4 is 26.2 Å². The van der Waals surface area contributed by atoms with Crippen LogP contribution >= 0.6 is 9.42 Å². The van der Waals surface area contributed by atoms with Crippen LogP contribution in [0.2, 0.25) is 0 Å². The first-order valence-electron chi connectivity index (χ1n) is 8.89. The molecule has 3 unspecified atom stereocenters. The van der Waals surface area contributed by atoms with Gasteiger partial charge in [0.25, 0.3) is 0 Å². The van der Waals surface area contributed by atoms with E-state index < -0.39 is 11.9 Å².